The molecule has 128 valence electrons. The summed E-state index contributed by atoms with van der Waals surface area (Å²) in [5.41, 5.74) is 3.12. The Morgan fingerprint density at radius 1 is 1.28 bits per heavy atom. The summed E-state index contributed by atoms with van der Waals surface area (Å²) in [7, 11) is 0. The molecule has 3 heterocycles. The molecule has 1 fully saturated rings. The first-order valence-electron chi connectivity index (χ1n) is 7.90. The Morgan fingerprint density at radius 3 is 2.80 bits per heavy atom. The molecule has 1 aliphatic rings. The number of aromatic nitrogens is 3. The highest BCUT2D eigenvalue weighted by Gasteiger charge is 2.28. The maximum atomic E-state index is 12.0. The van der Waals surface area contributed by atoms with Gasteiger partial charge >= 0.3 is 0 Å². The van der Waals surface area contributed by atoms with Crippen LogP contribution in [0.2, 0.25) is 0 Å². The summed E-state index contributed by atoms with van der Waals surface area (Å²) in [4.78, 5) is 29.3. The number of nitrogens with zero attached hydrogens (tertiary/aromatic N) is 3. The van der Waals surface area contributed by atoms with E-state index in [0.717, 1.165) is 40.8 Å². The average Bonchev–Trinajstić information content (AvgIpc) is 3.24. The molecule has 25 heavy (non-hydrogen) atoms. The predicted octanol–water partition coefficient (Wildman–Crippen LogP) is 2.17. The van der Waals surface area contributed by atoms with E-state index in [1.165, 1.54) is 0 Å². The van der Waals surface area contributed by atoms with E-state index in [0.29, 0.717) is 0 Å². The molecule has 0 radical (unpaired) electrons. The molecule has 7 nitrogen and oxygen atoms in total. The van der Waals surface area contributed by atoms with Crippen LogP contribution in [0.4, 0.5) is 0 Å². The topological polar surface area (TPSA) is 97.1 Å². The maximum absolute atomic E-state index is 12.0. The Balaban J connectivity index is 0.000000569. The van der Waals surface area contributed by atoms with Gasteiger partial charge in [-0.2, -0.15) is 0 Å². The van der Waals surface area contributed by atoms with Gasteiger partial charge in [-0.1, -0.05) is 12.1 Å². The Hall–Kier alpha value is -3.22. The van der Waals surface area contributed by atoms with Crippen LogP contribution in [0.1, 0.15) is 18.0 Å². The maximum Gasteiger partial charge on any atom is 0.290 e. The van der Waals surface area contributed by atoms with E-state index < -0.39 is 0 Å². The lowest BCUT2D eigenvalue weighted by Gasteiger charge is -2.15. The number of pyridine rings is 1. The zero-order valence-electron chi connectivity index (χ0n) is 13.7. The van der Waals surface area contributed by atoms with Crippen molar-refractivity contribution in [2.45, 2.75) is 19.4 Å². The molecule has 1 unspecified atom stereocenters. The lowest BCUT2D eigenvalue weighted by atomic mass is 10.0. The minimum absolute atomic E-state index is 0.0651. The van der Waals surface area contributed by atoms with Gasteiger partial charge in [-0.3, -0.25) is 14.6 Å². The quantitative estimate of drug-likeness (QED) is 0.698. The number of rotatable bonds is 2. The second kappa shape index (κ2) is 7.12. The molecule has 1 amide bonds. The highest BCUT2D eigenvalue weighted by atomic mass is 16.3. The van der Waals surface area contributed by atoms with Gasteiger partial charge in [0.05, 0.1) is 5.52 Å². The summed E-state index contributed by atoms with van der Waals surface area (Å²) in [5.74, 6) is 0.897. The van der Waals surface area contributed by atoms with Gasteiger partial charge in [0.2, 0.25) is 5.91 Å². The molecule has 2 aromatic heterocycles. The first-order chi connectivity index (χ1) is 12.2. The lowest BCUT2D eigenvalue weighted by Crippen LogP contribution is -2.22. The molecule has 1 aliphatic heterocycles. The minimum Gasteiger partial charge on any atom is -0.483 e. The molecule has 0 aliphatic carbocycles. The Bertz CT molecular complexity index is 920. The van der Waals surface area contributed by atoms with Crippen LogP contribution in [0.3, 0.4) is 0 Å². The van der Waals surface area contributed by atoms with Crippen LogP contribution in [0, 0.1) is 6.92 Å². The van der Waals surface area contributed by atoms with Crippen LogP contribution in [0.25, 0.3) is 22.3 Å². The van der Waals surface area contributed by atoms with E-state index in [2.05, 4.69) is 34.3 Å². The summed E-state index contributed by atoms with van der Waals surface area (Å²) in [5, 5.41) is 10.8. The number of hydrogen-bond donors (Lipinski definition) is 2. The molecule has 0 bridgehead atoms. The van der Waals surface area contributed by atoms with Crippen molar-refractivity contribution >= 4 is 23.3 Å². The lowest BCUT2D eigenvalue weighted by molar-refractivity contribution is -0.123. The summed E-state index contributed by atoms with van der Waals surface area (Å²) >= 11 is 0. The SMILES string of the molecule is Cc1ccc2ncccc2c1-c1nccn1C1CCNC1=O.O=CO. The number of carboxylic acid groups (broad SMARTS) is 1. The van der Waals surface area contributed by atoms with Crippen LogP contribution in [0.15, 0.2) is 42.9 Å². The fourth-order valence-electron chi connectivity index (χ4n) is 3.16. The van der Waals surface area contributed by atoms with E-state index in [4.69, 9.17) is 9.90 Å². The molecule has 3 aromatic rings. The van der Waals surface area contributed by atoms with Crippen LogP contribution >= 0.6 is 0 Å². The average molecular weight is 338 g/mol. The molecule has 0 spiro atoms. The zero-order chi connectivity index (χ0) is 17.8. The second-order valence-electron chi connectivity index (χ2n) is 5.69. The first-order valence-corrected chi connectivity index (χ1v) is 7.90. The standard InChI is InChI=1S/C17H16N4O.CH2O2/c1-11-4-5-13-12(3-2-7-18-13)15(11)16-19-9-10-21(16)14-6-8-20-17(14)22;2-1-3/h2-5,7,9-10,14H,6,8H2,1H3,(H,20,22);1H,(H,2,3). The molecule has 2 N–H and O–H groups in total. The molecular weight excluding hydrogens is 320 g/mol. The van der Waals surface area contributed by atoms with E-state index in [1.54, 1.807) is 12.4 Å². The number of hydrogen-bond acceptors (Lipinski definition) is 4. The smallest absolute Gasteiger partial charge is 0.290 e. The molecule has 1 aromatic carbocycles. The second-order valence-corrected chi connectivity index (χ2v) is 5.69. The number of amides is 1. The summed E-state index contributed by atoms with van der Waals surface area (Å²) in [6, 6.07) is 7.88. The minimum atomic E-state index is -0.250. The van der Waals surface area contributed by atoms with Crippen LogP contribution in [0.5, 0.6) is 0 Å². The third-order valence-corrected chi connectivity index (χ3v) is 4.24. The van der Waals surface area contributed by atoms with E-state index >= 15 is 0 Å². The Kier molecular flexibility index (Phi) is 4.74. The highest BCUT2D eigenvalue weighted by Crippen LogP contribution is 2.32. The van der Waals surface area contributed by atoms with Crippen molar-refractivity contribution in [3.8, 4) is 11.4 Å². The molecule has 0 saturated carbocycles. The number of nitrogens with one attached hydrogen (secondary N) is 1. The number of fused-ring (bicyclic) bond motifs is 1. The van der Waals surface area contributed by atoms with E-state index in [-0.39, 0.29) is 18.4 Å². The van der Waals surface area contributed by atoms with Crippen molar-refractivity contribution in [1.29, 1.82) is 0 Å². The van der Waals surface area contributed by atoms with Gasteiger partial charge in [-0.15, -0.1) is 0 Å². The van der Waals surface area contributed by atoms with E-state index in [9.17, 15) is 4.79 Å². The van der Waals surface area contributed by atoms with Crippen molar-refractivity contribution < 1.29 is 14.7 Å². The highest BCUT2D eigenvalue weighted by molar-refractivity contribution is 5.95. The van der Waals surface area contributed by atoms with Gasteiger partial charge in [0.15, 0.2) is 0 Å². The predicted molar refractivity (Wildman–Crippen MR) is 93.1 cm³/mol. The summed E-state index contributed by atoms with van der Waals surface area (Å²) in [6.45, 7) is 2.53. The molecule has 1 atom stereocenters. The third kappa shape index (κ3) is 3.08. The van der Waals surface area contributed by atoms with Gasteiger partial charge in [-0.25, -0.2) is 4.98 Å². The van der Waals surface area contributed by atoms with Crippen molar-refractivity contribution in [1.82, 2.24) is 19.9 Å². The first kappa shape index (κ1) is 16.6. The van der Waals surface area contributed by atoms with Crippen molar-refractivity contribution in [2.75, 3.05) is 6.54 Å². The van der Waals surface area contributed by atoms with Crippen LogP contribution < -0.4 is 5.32 Å². The molecular formula is C18H18N4O3. The zero-order valence-corrected chi connectivity index (χ0v) is 13.7. The van der Waals surface area contributed by atoms with Gasteiger partial charge in [0, 0.05) is 36.1 Å². The summed E-state index contributed by atoms with van der Waals surface area (Å²) < 4.78 is 1.98. The number of carbonyl (C=O) groups excluding carboxylic acids is 1. The number of benzene rings is 1. The largest absolute Gasteiger partial charge is 0.483 e. The van der Waals surface area contributed by atoms with Crippen molar-refractivity contribution in [3.05, 3.63) is 48.4 Å². The van der Waals surface area contributed by atoms with Gasteiger partial charge in [0.25, 0.3) is 6.47 Å². The van der Waals surface area contributed by atoms with Crippen LogP contribution in [-0.4, -0.2) is 38.6 Å². The summed E-state index contributed by atoms with van der Waals surface area (Å²) in [6.07, 6.45) is 6.23. The van der Waals surface area contributed by atoms with Gasteiger partial charge < -0.3 is 15.0 Å². The van der Waals surface area contributed by atoms with Crippen molar-refractivity contribution in [2.24, 2.45) is 0 Å². The number of carbonyl (C=O) groups is 2. The van der Waals surface area contributed by atoms with Gasteiger partial charge in [-0.05, 0) is 31.0 Å². The van der Waals surface area contributed by atoms with Crippen molar-refractivity contribution in [3.63, 3.8) is 0 Å². The molecule has 1 saturated heterocycles. The molecule has 7 heteroatoms. The number of aryl methyl sites for hydroxylation is 1. The third-order valence-electron chi connectivity index (χ3n) is 4.24. The van der Waals surface area contributed by atoms with E-state index in [1.807, 2.05) is 22.9 Å². The fraction of sp³-hybridized carbons (Fsp3) is 0.222. The van der Waals surface area contributed by atoms with Gasteiger partial charge in [0.1, 0.15) is 11.9 Å². The normalized spacial score (nSPS) is 16.2. The Morgan fingerprint density at radius 2 is 2.08 bits per heavy atom. The monoisotopic (exact) mass is 338 g/mol. The Labute approximate surface area is 144 Å². The fourth-order valence-corrected chi connectivity index (χ4v) is 3.16. The van der Waals surface area contributed by atoms with Crippen LogP contribution in [-0.2, 0) is 9.59 Å². The number of imidazole rings is 1. The molecule has 4 rings (SSSR count).